The Bertz CT molecular complexity index is 616. The van der Waals surface area contributed by atoms with Gasteiger partial charge in [0, 0.05) is 43.1 Å². The van der Waals surface area contributed by atoms with Crippen LogP contribution in [-0.4, -0.2) is 74.5 Å². The fourth-order valence-electron chi connectivity index (χ4n) is 5.34. The van der Waals surface area contributed by atoms with Gasteiger partial charge < -0.3 is 24.4 Å². The molecule has 4 saturated heterocycles. The minimum Gasteiger partial charge on any atom is -0.381 e. The third kappa shape index (κ3) is 4.53. The first kappa shape index (κ1) is 22.0. The minimum atomic E-state index is -0.644. The third-order valence-electron chi connectivity index (χ3n) is 7.75. The van der Waals surface area contributed by atoms with Gasteiger partial charge in [-0.3, -0.25) is 9.59 Å². The molecule has 2 amide bonds. The number of likely N-dealkylation sites (tertiary alicyclic amines) is 1. The molecule has 0 radical (unpaired) electrons. The fraction of sp³-hybridized carbons (Fsp3) is 0.913. The Kier molecular flexibility index (Phi) is 6.43. The Morgan fingerprint density at radius 1 is 1.10 bits per heavy atom. The number of ether oxygens (including phenoxy) is 3. The summed E-state index contributed by atoms with van der Waals surface area (Å²) in [7, 11) is 0. The van der Waals surface area contributed by atoms with E-state index >= 15 is 0 Å². The van der Waals surface area contributed by atoms with E-state index in [1.807, 2.05) is 25.7 Å². The predicted molar refractivity (Wildman–Crippen MR) is 112 cm³/mol. The normalized spacial score (nSPS) is 32.0. The first-order valence-electron chi connectivity index (χ1n) is 11.7. The topological polar surface area (TPSA) is 77.1 Å². The highest BCUT2D eigenvalue weighted by Gasteiger charge is 2.48. The number of carbonyl (C=O) groups is 2. The van der Waals surface area contributed by atoms with Gasteiger partial charge in [-0.2, -0.15) is 0 Å². The van der Waals surface area contributed by atoms with E-state index in [0.29, 0.717) is 12.7 Å². The molecule has 4 aliphatic heterocycles. The summed E-state index contributed by atoms with van der Waals surface area (Å²) in [5.41, 5.74) is 0.281. The maximum atomic E-state index is 13.3. The first-order valence-corrected chi connectivity index (χ1v) is 11.7. The Balaban J connectivity index is 1.37. The number of carbonyl (C=O) groups excluding carboxylic acids is 2. The Labute approximate surface area is 180 Å². The van der Waals surface area contributed by atoms with Crippen LogP contribution in [0, 0.1) is 16.7 Å². The standard InChI is InChI=1S/C23H38N2O5/c1-16(2)20(26)24-19(21(27)25-12-22(13-25)8-10-28-11-9-22)17(3)29-14-23-6-4-18(5-7-23)30-15-23/h16-19H,4-15H2,1-3H3,(H,24,26)/t17-,18?,19?,23?/m1/s1. The van der Waals surface area contributed by atoms with E-state index in [9.17, 15) is 9.59 Å². The number of rotatable bonds is 7. The lowest BCUT2D eigenvalue weighted by Crippen LogP contribution is -2.65. The molecule has 2 bridgehead atoms. The van der Waals surface area contributed by atoms with Crippen LogP contribution in [0.1, 0.15) is 59.3 Å². The largest absolute Gasteiger partial charge is 0.381 e. The van der Waals surface area contributed by atoms with Crippen LogP contribution in [0.2, 0.25) is 0 Å². The summed E-state index contributed by atoms with van der Waals surface area (Å²) in [6.45, 7) is 10.0. The molecule has 0 aromatic carbocycles. The van der Waals surface area contributed by atoms with Crippen molar-refractivity contribution in [3.8, 4) is 0 Å². The summed E-state index contributed by atoms with van der Waals surface area (Å²) in [5.74, 6) is -0.300. The first-order chi connectivity index (χ1) is 14.3. The second-order valence-corrected chi connectivity index (χ2v) is 10.5. The molecule has 0 aromatic heterocycles. The molecule has 1 spiro atoms. The molecule has 4 heterocycles. The lowest BCUT2D eigenvalue weighted by atomic mass is 9.72. The Morgan fingerprint density at radius 2 is 1.77 bits per heavy atom. The molecule has 2 atom stereocenters. The van der Waals surface area contributed by atoms with Crippen molar-refractivity contribution >= 4 is 11.8 Å². The average Bonchev–Trinajstić information content (AvgIpc) is 2.75. The van der Waals surface area contributed by atoms with E-state index < -0.39 is 6.04 Å². The van der Waals surface area contributed by atoms with E-state index in [1.54, 1.807) is 0 Å². The second kappa shape index (κ2) is 8.75. The highest BCUT2D eigenvalue weighted by Crippen LogP contribution is 2.44. The summed E-state index contributed by atoms with van der Waals surface area (Å²) in [5, 5.41) is 2.97. The lowest BCUT2D eigenvalue weighted by molar-refractivity contribution is -0.165. The van der Waals surface area contributed by atoms with E-state index in [-0.39, 0.29) is 34.7 Å². The van der Waals surface area contributed by atoms with Gasteiger partial charge >= 0.3 is 0 Å². The van der Waals surface area contributed by atoms with Crippen LogP contribution in [0.15, 0.2) is 0 Å². The van der Waals surface area contributed by atoms with Crippen LogP contribution in [0.5, 0.6) is 0 Å². The van der Waals surface area contributed by atoms with Crippen LogP contribution in [0.4, 0.5) is 0 Å². The number of amides is 2. The summed E-state index contributed by atoms with van der Waals surface area (Å²) in [6, 6.07) is -0.644. The van der Waals surface area contributed by atoms with Crippen molar-refractivity contribution in [2.45, 2.75) is 77.5 Å². The molecule has 1 saturated carbocycles. The fourth-order valence-corrected chi connectivity index (χ4v) is 5.34. The molecular formula is C23H38N2O5. The Hall–Kier alpha value is -1.18. The van der Waals surface area contributed by atoms with Crippen LogP contribution in [0.3, 0.4) is 0 Å². The van der Waals surface area contributed by atoms with Gasteiger partial charge in [-0.1, -0.05) is 13.8 Å². The maximum absolute atomic E-state index is 13.3. The van der Waals surface area contributed by atoms with Gasteiger partial charge in [0.15, 0.2) is 0 Å². The van der Waals surface area contributed by atoms with Gasteiger partial charge in [-0.25, -0.2) is 0 Å². The van der Waals surface area contributed by atoms with Crippen molar-refractivity contribution in [1.82, 2.24) is 10.2 Å². The summed E-state index contributed by atoms with van der Waals surface area (Å²) >= 11 is 0. The van der Waals surface area contributed by atoms with Gasteiger partial charge in [0.2, 0.25) is 11.8 Å². The molecule has 0 aromatic rings. The summed E-state index contributed by atoms with van der Waals surface area (Å²) in [4.78, 5) is 27.7. The molecule has 170 valence electrons. The quantitative estimate of drug-likeness (QED) is 0.680. The summed E-state index contributed by atoms with van der Waals surface area (Å²) in [6.07, 6.45) is 6.52. The number of hydrogen-bond donors (Lipinski definition) is 1. The number of nitrogens with one attached hydrogen (secondary N) is 1. The highest BCUT2D eigenvalue weighted by atomic mass is 16.5. The summed E-state index contributed by atoms with van der Waals surface area (Å²) < 4.78 is 17.7. The zero-order valence-electron chi connectivity index (χ0n) is 18.8. The SMILES string of the molecule is CC(C)C(=O)NC(C(=O)N1CC2(CCOCC2)C1)[C@@H](C)OCC12CCC(CC1)OC2. The van der Waals surface area contributed by atoms with Crippen molar-refractivity contribution in [2.75, 3.05) is 39.5 Å². The van der Waals surface area contributed by atoms with Gasteiger partial charge in [0.25, 0.3) is 0 Å². The van der Waals surface area contributed by atoms with Gasteiger partial charge in [-0.05, 0) is 45.4 Å². The zero-order chi connectivity index (χ0) is 21.4. The molecule has 7 nitrogen and oxygen atoms in total. The van der Waals surface area contributed by atoms with E-state index in [2.05, 4.69) is 5.32 Å². The van der Waals surface area contributed by atoms with Crippen molar-refractivity contribution in [3.63, 3.8) is 0 Å². The minimum absolute atomic E-state index is 0.0188. The number of fused-ring (bicyclic) bond motifs is 3. The molecule has 5 fully saturated rings. The van der Waals surface area contributed by atoms with Gasteiger partial charge in [0.1, 0.15) is 6.04 Å². The van der Waals surface area contributed by atoms with Gasteiger partial charge in [-0.15, -0.1) is 0 Å². The zero-order valence-corrected chi connectivity index (χ0v) is 18.8. The van der Waals surface area contributed by atoms with Crippen molar-refractivity contribution in [3.05, 3.63) is 0 Å². The molecule has 5 aliphatic rings. The maximum Gasteiger partial charge on any atom is 0.247 e. The van der Waals surface area contributed by atoms with Crippen molar-refractivity contribution in [2.24, 2.45) is 16.7 Å². The lowest BCUT2D eigenvalue weighted by Gasteiger charge is -2.53. The smallest absolute Gasteiger partial charge is 0.247 e. The molecule has 7 heteroatoms. The Morgan fingerprint density at radius 3 is 2.33 bits per heavy atom. The van der Waals surface area contributed by atoms with Crippen LogP contribution < -0.4 is 5.32 Å². The highest BCUT2D eigenvalue weighted by molar-refractivity contribution is 5.89. The molecule has 1 N–H and O–H groups in total. The molecule has 1 unspecified atom stereocenters. The molecular weight excluding hydrogens is 384 g/mol. The van der Waals surface area contributed by atoms with Gasteiger partial charge in [0.05, 0.1) is 25.4 Å². The van der Waals surface area contributed by atoms with E-state index in [0.717, 1.165) is 71.4 Å². The average molecular weight is 423 g/mol. The van der Waals surface area contributed by atoms with Crippen LogP contribution in [0.25, 0.3) is 0 Å². The molecule has 1 aliphatic carbocycles. The van der Waals surface area contributed by atoms with E-state index in [1.165, 1.54) is 0 Å². The second-order valence-electron chi connectivity index (χ2n) is 10.5. The third-order valence-corrected chi connectivity index (χ3v) is 7.75. The number of nitrogens with zero attached hydrogens (tertiary/aromatic N) is 1. The van der Waals surface area contributed by atoms with E-state index in [4.69, 9.17) is 14.2 Å². The number of hydrogen-bond acceptors (Lipinski definition) is 5. The monoisotopic (exact) mass is 422 g/mol. The van der Waals surface area contributed by atoms with Crippen molar-refractivity contribution < 1.29 is 23.8 Å². The molecule has 30 heavy (non-hydrogen) atoms. The van der Waals surface area contributed by atoms with Crippen LogP contribution >= 0.6 is 0 Å². The van der Waals surface area contributed by atoms with Crippen molar-refractivity contribution in [1.29, 1.82) is 0 Å². The predicted octanol–water partition coefficient (Wildman–Crippen LogP) is 2.13. The molecule has 5 rings (SSSR count). The van der Waals surface area contributed by atoms with Crippen LogP contribution in [-0.2, 0) is 23.8 Å².